The Morgan fingerprint density at radius 3 is 2.86 bits per heavy atom. The van der Waals surface area contributed by atoms with Crippen LogP contribution in [0.3, 0.4) is 0 Å². The topological polar surface area (TPSA) is 73.2 Å². The third-order valence-electron chi connectivity index (χ3n) is 3.87. The average Bonchev–Trinajstić information content (AvgIpc) is 2.69. The van der Waals surface area contributed by atoms with Gasteiger partial charge in [-0.15, -0.1) is 0 Å². The molecule has 0 aliphatic heterocycles. The maximum atomic E-state index is 13.6. The average molecular weight is 422 g/mol. The van der Waals surface area contributed by atoms with Crippen molar-refractivity contribution in [1.29, 1.82) is 0 Å². The summed E-state index contributed by atoms with van der Waals surface area (Å²) in [6.45, 7) is 0.796. The number of methoxy groups -OCH3 is 1. The van der Waals surface area contributed by atoms with Crippen LogP contribution in [0.2, 0.25) is 5.02 Å². The van der Waals surface area contributed by atoms with Crippen molar-refractivity contribution in [3.05, 3.63) is 63.7 Å². The number of rotatable bonds is 7. The predicted octanol–water partition coefficient (Wildman–Crippen LogP) is 3.03. The number of fused-ring (bicyclic) bond motifs is 1. The Bertz CT molecular complexity index is 1070. The predicted molar refractivity (Wildman–Crippen MR) is 108 cm³/mol. The van der Waals surface area contributed by atoms with Crippen molar-refractivity contribution in [3.63, 3.8) is 0 Å². The van der Waals surface area contributed by atoms with E-state index < -0.39 is 5.82 Å². The van der Waals surface area contributed by atoms with Crippen molar-refractivity contribution in [2.24, 2.45) is 0 Å². The number of aromatic nitrogens is 2. The molecule has 0 aliphatic carbocycles. The molecule has 0 aliphatic rings. The van der Waals surface area contributed by atoms with E-state index in [1.165, 1.54) is 22.8 Å². The van der Waals surface area contributed by atoms with Gasteiger partial charge in [-0.3, -0.25) is 14.2 Å². The van der Waals surface area contributed by atoms with E-state index in [1.807, 2.05) is 0 Å². The van der Waals surface area contributed by atoms with Crippen LogP contribution in [0, 0.1) is 5.82 Å². The monoisotopic (exact) mass is 421 g/mol. The number of hydrogen-bond acceptors (Lipinski definition) is 5. The van der Waals surface area contributed by atoms with Crippen LogP contribution >= 0.6 is 23.4 Å². The van der Waals surface area contributed by atoms with E-state index in [0.717, 1.165) is 11.8 Å². The smallest absolute Gasteiger partial charge is 0.266 e. The largest absolute Gasteiger partial charge is 0.383 e. The summed E-state index contributed by atoms with van der Waals surface area (Å²) < 4.78 is 19.8. The molecular formula is C19H17ClFN3O3S. The molecule has 0 unspecified atom stereocenters. The molecule has 146 valence electrons. The van der Waals surface area contributed by atoms with E-state index in [-0.39, 0.29) is 22.2 Å². The van der Waals surface area contributed by atoms with Gasteiger partial charge in [0.05, 0.1) is 34.0 Å². The van der Waals surface area contributed by atoms with Gasteiger partial charge in [0.2, 0.25) is 5.91 Å². The quantitative estimate of drug-likeness (QED) is 0.360. The van der Waals surface area contributed by atoms with E-state index in [0.29, 0.717) is 34.9 Å². The Labute approximate surface area is 169 Å². The Balaban J connectivity index is 2.01. The second-order valence-electron chi connectivity index (χ2n) is 5.78. The molecule has 0 atom stereocenters. The summed E-state index contributed by atoms with van der Waals surface area (Å²) in [6.07, 6.45) is 0. The lowest BCUT2D eigenvalue weighted by atomic mass is 10.2. The molecule has 6 nitrogen and oxygen atoms in total. The highest BCUT2D eigenvalue weighted by Crippen LogP contribution is 2.24. The standard InChI is InChI=1S/C19H17ClFN3O3S/c1-27-9-8-22-17(25)11-28-19-23-16-5-3-2-4-13(16)18(26)24(19)12-6-7-15(21)14(20)10-12/h2-7,10H,8-9,11H2,1H3,(H,22,25). The summed E-state index contributed by atoms with van der Waals surface area (Å²) in [7, 11) is 1.55. The number of halogens is 2. The van der Waals surface area contributed by atoms with Gasteiger partial charge in [-0.2, -0.15) is 0 Å². The Kier molecular flexibility index (Phi) is 6.66. The first-order valence-corrected chi connectivity index (χ1v) is 9.73. The zero-order chi connectivity index (χ0) is 20.1. The molecule has 28 heavy (non-hydrogen) atoms. The molecule has 2 aromatic carbocycles. The SMILES string of the molecule is COCCNC(=O)CSc1nc2ccccc2c(=O)n1-c1ccc(F)c(Cl)c1. The molecule has 0 saturated heterocycles. The Morgan fingerprint density at radius 2 is 2.11 bits per heavy atom. The first-order chi connectivity index (χ1) is 13.5. The number of nitrogens with one attached hydrogen (secondary N) is 1. The minimum Gasteiger partial charge on any atom is -0.383 e. The normalized spacial score (nSPS) is 11.0. The molecule has 1 heterocycles. The van der Waals surface area contributed by atoms with Gasteiger partial charge in [0.25, 0.3) is 5.56 Å². The molecule has 9 heteroatoms. The number of nitrogens with zero attached hydrogens (tertiary/aromatic N) is 2. The van der Waals surface area contributed by atoms with Crippen LogP contribution in [0.1, 0.15) is 0 Å². The number of para-hydroxylation sites is 1. The lowest BCUT2D eigenvalue weighted by molar-refractivity contribution is -0.118. The summed E-state index contributed by atoms with van der Waals surface area (Å²) in [5, 5.41) is 3.33. The number of hydrogen-bond donors (Lipinski definition) is 1. The molecular weight excluding hydrogens is 405 g/mol. The van der Waals surface area contributed by atoms with Crippen molar-refractivity contribution in [2.45, 2.75) is 5.16 Å². The van der Waals surface area contributed by atoms with Crippen molar-refractivity contribution in [2.75, 3.05) is 26.0 Å². The van der Waals surface area contributed by atoms with Crippen LogP contribution in [0.4, 0.5) is 4.39 Å². The summed E-state index contributed by atoms with van der Waals surface area (Å²) in [4.78, 5) is 29.6. The van der Waals surface area contributed by atoms with Crippen molar-refractivity contribution in [1.82, 2.24) is 14.9 Å². The van der Waals surface area contributed by atoms with Gasteiger partial charge < -0.3 is 10.1 Å². The minimum atomic E-state index is -0.584. The van der Waals surface area contributed by atoms with Gasteiger partial charge in [0.15, 0.2) is 5.16 Å². The van der Waals surface area contributed by atoms with Crippen LogP contribution in [0.15, 0.2) is 52.4 Å². The maximum Gasteiger partial charge on any atom is 0.266 e. The second-order valence-corrected chi connectivity index (χ2v) is 7.13. The molecule has 0 spiro atoms. The number of ether oxygens (including phenoxy) is 1. The Morgan fingerprint density at radius 1 is 1.32 bits per heavy atom. The maximum absolute atomic E-state index is 13.6. The Hall–Kier alpha value is -2.42. The van der Waals surface area contributed by atoms with Crippen molar-refractivity contribution >= 4 is 40.2 Å². The fourth-order valence-corrected chi connectivity index (χ4v) is 3.55. The second kappa shape index (κ2) is 9.18. The first-order valence-electron chi connectivity index (χ1n) is 8.37. The molecule has 0 fully saturated rings. The molecule has 0 bridgehead atoms. The number of amides is 1. The number of carbonyl (C=O) groups is 1. The highest BCUT2D eigenvalue weighted by atomic mass is 35.5. The molecule has 1 amide bonds. The van der Waals surface area contributed by atoms with Crippen LogP contribution in [0.25, 0.3) is 16.6 Å². The summed E-state index contributed by atoms with van der Waals surface area (Å²) >= 11 is 7.00. The lowest BCUT2D eigenvalue weighted by Crippen LogP contribution is -2.29. The highest BCUT2D eigenvalue weighted by molar-refractivity contribution is 7.99. The molecule has 0 radical (unpaired) electrons. The molecule has 3 rings (SSSR count). The number of thioether (sulfide) groups is 1. The van der Waals surface area contributed by atoms with Crippen LogP contribution in [-0.2, 0) is 9.53 Å². The molecule has 0 saturated carbocycles. The zero-order valence-electron chi connectivity index (χ0n) is 14.9. The third kappa shape index (κ3) is 4.52. The third-order valence-corrected chi connectivity index (χ3v) is 5.10. The molecule has 3 aromatic rings. The van der Waals surface area contributed by atoms with E-state index in [9.17, 15) is 14.0 Å². The van der Waals surface area contributed by atoms with Gasteiger partial charge in [-0.25, -0.2) is 9.37 Å². The van der Waals surface area contributed by atoms with Gasteiger partial charge in [-0.1, -0.05) is 35.5 Å². The summed E-state index contributed by atoms with van der Waals surface area (Å²) in [5.74, 6) is -0.740. The van der Waals surface area contributed by atoms with Gasteiger partial charge in [0.1, 0.15) is 5.82 Å². The fraction of sp³-hybridized carbons (Fsp3) is 0.211. The van der Waals surface area contributed by atoms with E-state index in [1.54, 1.807) is 31.4 Å². The lowest BCUT2D eigenvalue weighted by Gasteiger charge is -2.13. The highest BCUT2D eigenvalue weighted by Gasteiger charge is 2.15. The van der Waals surface area contributed by atoms with Crippen LogP contribution < -0.4 is 10.9 Å². The van der Waals surface area contributed by atoms with E-state index >= 15 is 0 Å². The van der Waals surface area contributed by atoms with Crippen LogP contribution in [-0.4, -0.2) is 41.5 Å². The van der Waals surface area contributed by atoms with Crippen molar-refractivity contribution in [3.8, 4) is 5.69 Å². The molecule has 1 aromatic heterocycles. The number of benzene rings is 2. The number of carbonyl (C=O) groups excluding carboxylic acids is 1. The van der Waals surface area contributed by atoms with Gasteiger partial charge in [-0.05, 0) is 30.3 Å². The molecule has 1 N–H and O–H groups in total. The van der Waals surface area contributed by atoms with E-state index in [4.69, 9.17) is 16.3 Å². The van der Waals surface area contributed by atoms with Gasteiger partial charge in [0, 0.05) is 13.7 Å². The van der Waals surface area contributed by atoms with Gasteiger partial charge >= 0.3 is 0 Å². The summed E-state index contributed by atoms with van der Waals surface area (Å²) in [6, 6.07) is 10.9. The first kappa shape index (κ1) is 20.3. The minimum absolute atomic E-state index is 0.0589. The zero-order valence-corrected chi connectivity index (χ0v) is 16.5. The van der Waals surface area contributed by atoms with Crippen LogP contribution in [0.5, 0.6) is 0 Å². The van der Waals surface area contributed by atoms with E-state index in [2.05, 4.69) is 10.3 Å². The van der Waals surface area contributed by atoms with Crippen molar-refractivity contribution < 1.29 is 13.9 Å². The fourth-order valence-electron chi connectivity index (χ4n) is 2.53. The summed E-state index contributed by atoms with van der Waals surface area (Å²) in [5.41, 5.74) is 0.562.